The van der Waals surface area contributed by atoms with Gasteiger partial charge in [0.05, 0.1) is 27.8 Å². The summed E-state index contributed by atoms with van der Waals surface area (Å²) in [5.41, 5.74) is 9.73. The van der Waals surface area contributed by atoms with Crippen LogP contribution in [0.5, 0.6) is 0 Å². The summed E-state index contributed by atoms with van der Waals surface area (Å²) in [5.74, 6) is 0. The molecule has 11 aromatic rings. The zero-order valence-corrected chi connectivity index (χ0v) is 27.3. The van der Waals surface area contributed by atoms with E-state index in [0.29, 0.717) is 0 Å². The molecule has 11 rings (SSSR count). The van der Waals surface area contributed by atoms with E-state index < -0.39 is 0 Å². The van der Waals surface area contributed by atoms with Gasteiger partial charge in [-0.3, -0.25) is 0 Å². The van der Waals surface area contributed by atoms with Gasteiger partial charge in [0.25, 0.3) is 0 Å². The van der Waals surface area contributed by atoms with Crippen LogP contribution in [0.3, 0.4) is 0 Å². The lowest BCUT2D eigenvalue weighted by Crippen LogP contribution is -1.95. The third kappa shape index (κ3) is 3.88. The molecule has 0 aliphatic rings. The Bertz CT molecular complexity index is 3100. The smallest absolute Gasteiger partial charge is 0.0548 e. The monoisotopic (exact) mass is 640 g/mol. The Kier molecular flexibility index (Phi) is 5.57. The molecule has 0 spiro atoms. The second kappa shape index (κ2) is 10.2. The first-order valence-corrected chi connectivity index (χ1v) is 17.6. The lowest BCUT2D eigenvalue weighted by molar-refractivity contribution is 1.18. The normalized spacial score (nSPS) is 12.1. The lowest BCUT2D eigenvalue weighted by atomic mass is 10.0. The van der Waals surface area contributed by atoms with Gasteiger partial charge >= 0.3 is 0 Å². The Labute approximate surface area is 286 Å². The molecular formula is C46H28N2S. The maximum Gasteiger partial charge on any atom is 0.0548 e. The van der Waals surface area contributed by atoms with E-state index in [-0.39, 0.29) is 0 Å². The summed E-state index contributed by atoms with van der Waals surface area (Å²) < 4.78 is 7.52. The Morgan fingerprint density at radius 3 is 1.78 bits per heavy atom. The van der Waals surface area contributed by atoms with E-state index in [1.165, 1.54) is 97.1 Å². The lowest BCUT2D eigenvalue weighted by Gasteiger charge is -2.12. The molecule has 0 radical (unpaired) electrons. The molecule has 0 aliphatic carbocycles. The molecule has 0 amide bonds. The number of nitrogens with zero attached hydrogens (tertiary/aromatic N) is 2. The summed E-state index contributed by atoms with van der Waals surface area (Å²) in [6.45, 7) is 0. The molecular weight excluding hydrogens is 613 g/mol. The minimum Gasteiger partial charge on any atom is -0.309 e. The highest BCUT2D eigenvalue weighted by atomic mass is 32.1. The van der Waals surface area contributed by atoms with E-state index >= 15 is 0 Å². The molecule has 0 fully saturated rings. The van der Waals surface area contributed by atoms with Gasteiger partial charge in [0.2, 0.25) is 0 Å². The van der Waals surface area contributed by atoms with E-state index in [9.17, 15) is 0 Å². The Morgan fingerprint density at radius 2 is 0.939 bits per heavy atom. The molecule has 0 N–H and O–H groups in total. The number of hydrogen-bond donors (Lipinski definition) is 0. The van der Waals surface area contributed by atoms with E-state index in [1.807, 2.05) is 11.3 Å². The van der Waals surface area contributed by atoms with Crippen molar-refractivity contribution >= 4 is 85.9 Å². The SMILES string of the molecule is c1ccc(-n2c3ccccc3c3cc(-c4ccc5c(c4)c4cc6sc7ccccc7c6cc4n5-c4cccc5ccccc45)ccc32)cc1. The van der Waals surface area contributed by atoms with E-state index in [2.05, 4.69) is 179 Å². The Hall–Kier alpha value is -6.16. The number of para-hydroxylation sites is 2. The van der Waals surface area contributed by atoms with Crippen LogP contribution in [0.15, 0.2) is 170 Å². The maximum absolute atomic E-state index is 2.49. The molecule has 228 valence electrons. The van der Waals surface area contributed by atoms with Gasteiger partial charge in [0.1, 0.15) is 0 Å². The van der Waals surface area contributed by atoms with Crippen LogP contribution in [0.25, 0.3) is 97.1 Å². The average molecular weight is 641 g/mol. The van der Waals surface area contributed by atoms with Crippen molar-refractivity contribution in [3.05, 3.63) is 170 Å². The van der Waals surface area contributed by atoms with Crippen molar-refractivity contribution in [3.63, 3.8) is 0 Å². The van der Waals surface area contributed by atoms with Crippen molar-refractivity contribution in [1.82, 2.24) is 9.13 Å². The fourth-order valence-corrected chi connectivity index (χ4v) is 9.21. The fourth-order valence-electron chi connectivity index (χ4n) is 8.09. The molecule has 3 aromatic heterocycles. The molecule has 0 saturated carbocycles. The number of benzene rings is 8. The van der Waals surface area contributed by atoms with Crippen LogP contribution in [0.1, 0.15) is 0 Å². The van der Waals surface area contributed by atoms with Gasteiger partial charge in [-0.1, -0.05) is 103 Å². The Balaban J connectivity index is 1.19. The minimum absolute atomic E-state index is 1.18. The van der Waals surface area contributed by atoms with Crippen LogP contribution < -0.4 is 0 Å². The first kappa shape index (κ1) is 26.9. The van der Waals surface area contributed by atoms with Crippen LogP contribution in [-0.2, 0) is 0 Å². The standard InChI is InChI=1S/C46H28N2S/c1-2-13-32(14-3-1)47-41-18-8-6-16-34(41)36-25-30(21-23-42(36)47)31-22-24-43-37(26-31)38-28-46-39(35-17-7-9-20-45(35)49-46)27-44(38)48(43)40-19-10-12-29-11-4-5-15-33(29)40/h1-28H. The van der Waals surface area contributed by atoms with Gasteiger partial charge in [-0.25, -0.2) is 0 Å². The summed E-state index contributed by atoms with van der Waals surface area (Å²) in [7, 11) is 0. The molecule has 0 bridgehead atoms. The first-order chi connectivity index (χ1) is 24.3. The highest BCUT2D eigenvalue weighted by molar-refractivity contribution is 7.25. The van der Waals surface area contributed by atoms with Gasteiger partial charge in [-0.05, 0) is 83.2 Å². The molecule has 3 heteroatoms. The van der Waals surface area contributed by atoms with Crippen molar-refractivity contribution in [2.24, 2.45) is 0 Å². The molecule has 8 aromatic carbocycles. The quantitative estimate of drug-likeness (QED) is 0.182. The third-order valence-corrected chi connectivity index (χ3v) is 11.4. The van der Waals surface area contributed by atoms with Gasteiger partial charge in [-0.15, -0.1) is 11.3 Å². The number of thiophene rings is 1. The van der Waals surface area contributed by atoms with E-state index in [0.717, 1.165) is 0 Å². The second-order valence-corrected chi connectivity index (χ2v) is 14.0. The largest absolute Gasteiger partial charge is 0.309 e. The first-order valence-electron chi connectivity index (χ1n) is 16.8. The predicted octanol–water partition coefficient (Wildman–Crippen LogP) is 13.1. The van der Waals surface area contributed by atoms with E-state index in [1.54, 1.807) is 0 Å². The van der Waals surface area contributed by atoms with Crippen LogP contribution in [-0.4, -0.2) is 9.13 Å². The minimum atomic E-state index is 1.18. The molecule has 49 heavy (non-hydrogen) atoms. The maximum atomic E-state index is 2.49. The topological polar surface area (TPSA) is 9.86 Å². The molecule has 0 atom stereocenters. The summed E-state index contributed by atoms with van der Waals surface area (Å²) in [6.07, 6.45) is 0. The highest BCUT2D eigenvalue weighted by Gasteiger charge is 2.19. The van der Waals surface area contributed by atoms with E-state index in [4.69, 9.17) is 0 Å². The zero-order valence-electron chi connectivity index (χ0n) is 26.5. The van der Waals surface area contributed by atoms with Gasteiger partial charge in [0.15, 0.2) is 0 Å². The zero-order chi connectivity index (χ0) is 32.1. The highest BCUT2D eigenvalue weighted by Crippen LogP contribution is 2.43. The third-order valence-electron chi connectivity index (χ3n) is 10.3. The van der Waals surface area contributed by atoms with Crippen molar-refractivity contribution in [2.75, 3.05) is 0 Å². The van der Waals surface area contributed by atoms with Crippen molar-refractivity contribution < 1.29 is 0 Å². The molecule has 0 saturated heterocycles. The average Bonchev–Trinajstić information content (AvgIpc) is 3.80. The van der Waals surface area contributed by atoms with Crippen LogP contribution in [0, 0.1) is 0 Å². The predicted molar refractivity (Wildman–Crippen MR) is 211 cm³/mol. The number of fused-ring (bicyclic) bond motifs is 10. The number of hydrogen-bond acceptors (Lipinski definition) is 1. The fraction of sp³-hybridized carbons (Fsp3) is 0. The van der Waals surface area contributed by atoms with Gasteiger partial charge in [-0.2, -0.15) is 0 Å². The summed E-state index contributed by atoms with van der Waals surface area (Å²) in [4.78, 5) is 0. The van der Waals surface area contributed by atoms with Crippen molar-refractivity contribution in [1.29, 1.82) is 0 Å². The van der Waals surface area contributed by atoms with Crippen molar-refractivity contribution in [2.45, 2.75) is 0 Å². The number of aromatic nitrogens is 2. The molecule has 3 heterocycles. The van der Waals surface area contributed by atoms with Crippen LogP contribution in [0.2, 0.25) is 0 Å². The van der Waals surface area contributed by atoms with Gasteiger partial charge < -0.3 is 9.13 Å². The second-order valence-electron chi connectivity index (χ2n) is 12.9. The molecule has 0 aliphatic heterocycles. The van der Waals surface area contributed by atoms with Crippen LogP contribution >= 0.6 is 11.3 Å². The number of rotatable bonds is 3. The molecule has 2 nitrogen and oxygen atoms in total. The summed E-state index contributed by atoms with van der Waals surface area (Å²) in [5, 5.41) is 10.2. The Morgan fingerprint density at radius 1 is 0.327 bits per heavy atom. The summed E-state index contributed by atoms with van der Waals surface area (Å²) >= 11 is 1.88. The van der Waals surface area contributed by atoms with Crippen LogP contribution in [0.4, 0.5) is 0 Å². The summed E-state index contributed by atoms with van der Waals surface area (Å²) in [6, 6.07) is 62.5. The van der Waals surface area contributed by atoms with Crippen molar-refractivity contribution in [3.8, 4) is 22.5 Å². The van der Waals surface area contributed by atoms with Gasteiger partial charge in [0, 0.05) is 52.8 Å². The molecule has 0 unspecified atom stereocenters.